The third-order valence-electron chi connectivity index (χ3n) is 4.27. The van der Waals surface area contributed by atoms with Gasteiger partial charge in [-0.05, 0) is 71.8 Å². The predicted molar refractivity (Wildman–Crippen MR) is 98.3 cm³/mol. The summed E-state index contributed by atoms with van der Waals surface area (Å²) in [5, 5.41) is 15.1. The van der Waals surface area contributed by atoms with Gasteiger partial charge in [0.25, 0.3) is 5.91 Å². The number of aryl methyl sites for hydroxylation is 2. The highest BCUT2D eigenvalue weighted by atomic mass is 16.1. The summed E-state index contributed by atoms with van der Waals surface area (Å²) in [4.78, 5) is 17.1. The number of amides is 1. The standard InChI is InChI=1S/C19H16N6O/c1-12-5-7-16(15-4-3-9-20-18(12)15)22-19(26)14-6-8-17(13(2)10-14)25-11-21-23-24-25/h3-11H,1-2H3,(H,22,26). The lowest BCUT2D eigenvalue weighted by Crippen LogP contribution is -2.13. The Morgan fingerprint density at radius 1 is 1.08 bits per heavy atom. The summed E-state index contributed by atoms with van der Waals surface area (Å²) in [6.07, 6.45) is 3.27. The molecule has 4 rings (SSSR count). The first kappa shape index (κ1) is 15.9. The molecule has 4 aromatic rings. The van der Waals surface area contributed by atoms with Gasteiger partial charge in [0.2, 0.25) is 0 Å². The van der Waals surface area contributed by atoms with Crippen LogP contribution in [0.1, 0.15) is 21.5 Å². The second kappa shape index (κ2) is 6.36. The molecule has 26 heavy (non-hydrogen) atoms. The maximum absolute atomic E-state index is 12.7. The Morgan fingerprint density at radius 2 is 1.96 bits per heavy atom. The lowest BCUT2D eigenvalue weighted by Gasteiger charge is -2.11. The molecule has 0 aliphatic rings. The number of benzene rings is 2. The van der Waals surface area contributed by atoms with Crippen LogP contribution in [0, 0.1) is 13.8 Å². The van der Waals surface area contributed by atoms with Crippen LogP contribution in [-0.2, 0) is 0 Å². The first-order valence-corrected chi connectivity index (χ1v) is 8.13. The van der Waals surface area contributed by atoms with E-state index in [9.17, 15) is 4.79 Å². The molecule has 0 aliphatic heterocycles. The van der Waals surface area contributed by atoms with E-state index >= 15 is 0 Å². The molecule has 1 amide bonds. The Balaban J connectivity index is 1.65. The van der Waals surface area contributed by atoms with Gasteiger partial charge >= 0.3 is 0 Å². The number of fused-ring (bicyclic) bond motifs is 1. The van der Waals surface area contributed by atoms with Gasteiger partial charge in [-0.25, -0.2) is 4.68 Å². The van der Waals surface area contributed by atoms with Crippen LogP contribution in [0.25, 0.3) is 16.6 Å². The average molecular weight is 344 g/mol. The SMILES string of the molecule is Cc1cc(C(=O)Nc2ccc(C)c3ncccc23)ccc1-n1cnnn1. The number of anilines is 1. The van der Waals surface area contributed by atoms with Crippen molar-refractivity contribution in [1.82, 2.24) is 25.2 Å². The monoisotopic (exact) mass is 344 g/mol. The van der Waals surface area contributed by atoms with Crippen LogP contribution in [0.3, 0.4) is 0 Å². The second-order valence-corrected chi connectivity index (χ2v) is 6.04. The zero-order valence-corrected chi connectivity index (χ0v) is 14.3. The van der Waals surface area contributed by atoms with Crippen LogP contribution < -0.4 is 5.32 Å². The normalized spacial score (nSPS) is 10.8. The lowest BCUT2D eigenvalue weighted by atomic mass is 10.1. The van der Waals surface area contributed by atoms with Crippen molar-refractivity contribution in [3.63, 3.8) is 0 Å². The molecule has 2 aromatic carbocycles. The number of pyridine rings is 1. The quantitative estimate of drug-likeness (QED) is 0.617. The Labute approximate surface area is 149 Å². The van der Waals surface area contributed by atoms with Crippen LogP contribution in [0.4, 0.5) is 5.69 Å². The highest BCUT2D eigenvalue weighted by Gasteiger charge is 2.12. The molecule has 2 aromatic heterocycles. The molecule has 0 spiro atoms. The minimum Gasteiger partial charge on any atom is -0.321 e. The molecule has 128 valence electrons. The van der Waals surface area contributed by atoms with Crippen LogP contribution >= 0.6 is 0 Å². The van der Waals surface area contributed by atoms with E-state index < -0.39 is 0 Å². The molecule has 0 bridgehead atoms. The van der Waals surface area contributed by atoms with Gasteiger partial charge in [-0.15, -0.1) is 5.10 Å². The van der Waals surface area contributed by atoms with Crippen molar-refractivity contribution in [2.24, 2.45) is 0 Å². The number of nitrogens with one attached hydrogen (secondary N) is 1. The van der Waals surface area contributed by atoms with Crippen molar-refractivity contribution in [3.05, 3.63) is 71.7 Å². The Morgan fingerprint density at radius 3 is 2.73 bits per heavy atom. The number of nitrogens with zero attached hydrogens (tertiary/aromatic N) is 5. The Hall–Kier alpha value is -3.61. The maximum Gasteiger partial charge on any atom is 0.255 e. The van der Waals surface area contributed by atoms with Gasteiger partial charge in [-0.3, -0.25) is 9.78 Å². The topological polar surface area (TPSA) is 85.6 Å². The van der Waals surface area contributed by atoms with Crippen molar-refractivity contribution >= 4 is 22.5 Å². The summed E-state index contributed by atoms with van der Waals surface area (Å²) in [5.74, 6) is -0.176. The smallest absolute Gasteiger partial charge is 0.255 e. The van der Waals surface area contributed by atoms with Gasteiger partial charge in [-0.1, -0.05) is 6.07 Å². The molecular weight excluding hydrogens is 328 g/mol. The number of hydrogen-bond donors (Lipinski definition) is 1. The lowest BCUT2D eigenvalue weighted by molar-refractivity contribution is 0.102. The number of hydrogen-bond acceptors (Lipinski definition) is 5. The van der Waals surface area contributed by atoms with Gasteiger partial charge in [0, 0.05) is 17.1 Å². The molecule has 0 fully saturated rings. The summed E-state index contributed by atoms with van der Waals surface area (Å²) in [5.41, 5.74) is 5.00. The van der Waals surface area contributed by atoms with Crippen LogP contribution in [0.2, 0.25) is 0 Å². The molecule has 7 heteroatoms. The molecular formula is C19H16N6O. The highest BCUT2D eigenvalue weighted by Crippen LogP contribution is 2.25. The minimum absolute atomic E-state index is 0.176. The predicted octanol–water partition coefficient (Wildman–Crippen LogP) is 3.08. The van der Waals surface area contributed by atoms with E-state index in [4.69, 9.17) is 0 Å². The van der Waals surface area contributed by atoms with Gasteiger partial charge < -0.3 is 5.32 Å². The van der Waals surface area contributed by atoms with E-state index in [0.717, 1.165) is 33.4 Å². The number of aromatic nitrogens is 5. The molecule has 0 saturated heterocycles. The van der Waals surface area contributed by atoms with Crippen LogP contribution in [0.15, 0.2) is 55.0 Å². The molecule has 1 N–H and O–H groups in total. The van der Waals surface area contributed by atoms with Crippen molar-refractivity contribution in [2.75, 3.05) is 5.32 Å². The molecule has 2 heterocycles. The number of rotatable bonds is 3. The maximum atomic E-state index is 12.7. The number of carbonyl (C=O) groups excluding carboxylic acids is 1. The molecule has 0 aliphatic carbocycles. The van der Waals surface area contributed by atoms with Gasteiger partial charge in [0.05, 0.1) is 16.9 Å². The number of carbonyl (C=O) groups is 1. The van der Waals surface area contributed by atoms with Crippen molar-refractivity contribution in [2.45, 2.75) is 13.8 Å². The fourth-order valence-corrected chi connectivity index (χ4v) is 2.94. The molecule has 0 radical (unpaired) electrons. The molecule has 0 atom stereocenters. The van der Waals surface area contributed by atoms with E-state index in [2.05, 4.69) is 25.8 Å². The average Bonchev–Trinajstić information content (AvgIpc) is 3.18. The number of tetrazole rings is 1. The molecule has 0 unspecified atom stereocenters. The van der Waals surface area contributed by atoms with Crippen LogP contribution in [-0.4, -0.2) is 31.1 Å². The Bertz CT molecular complexity index is 1100. The van der Waals surface area contributed by atoms with E-state index in [1.54, 1.807) is 16.9 Å². The second-order valence-electron chi connectivity index (χ2n) is 6.04. The van der Waals surface area contributed by atoms with Gasteiger partial charge in [-0.2, -0.15) is 0 Å². The van der Waals surface area contributed by atoms with E-state index in [1.807, 2.05) is 50.2 Å². The van der Waals surface area contributed by atoms with Crippen LogP contribution in [0.5, 0.6) is 0 Å². The van der Waals surface area contributed by atoms with Crippen molar-refractivity contribution in [1.29, 1.82) is 0 Å². The van der Waals surface area contributed by atoms with E-state index in [1.165, 1.54) is 6.33 Å². The minimum atomic E-state index is -0.176. The summed E-state index contributed by atoms with van der Waals surface area (Å²) < 4.78 is 1.57. The summed E-state index contributed by atoms with van der Waals surface area (Å²) in [6.45, 7) is 3.92. The molecule has 0 saturated carbocycles. The fourth-order valence-electron chi connectivity index (χ4n) is 2.94. The molecule has 7 nitrogen and oxygen atoms in total. The first-order valence-electron chi connectivity index (χ1n) is 8.13. The van der Waals surface area contributed by atoms with Gasteiger partial charge in [0.15, 0.2) is 0 Å². The first-order chi connectivity index (χ1) is 12.6. The zero-order valence-electron chi connectivity index (χ0n) is 14.3. The largest absolute Gasteiger partial charge is 0.321 e. The van der Waals surface area contributed by atoms with Crippen molar-refractivity contribution in [3.8, 4) is 5.69 Å². The van der Waals surface area contributed by atoms with E-state index in [0.29, 0.717) is 5.56 Å². The summed E-state index contributed by atoms with van der Waals surface area (Å²) in [7, 11) is 0. The van der Waals surface area contributed by atoms with Crippen molar-refractivity contribution < 1.29 is 4.79 Å². The fraction of sp³-hybridized carbons (Fsp3) is 0.105. The Kier molecular flexibility index (Phi) is 3.89. The highest BCUT2D eigenvalue weighted by molar-refractivity contribution is 6.09. The third kappa shape index (κ3) is 2.79. The zero-order chi connectivity index (χ0) is 18.1. The summed E-state index contributed by atoms with van der Waals surface area (Å²) in [6, 6.07) is 13.1. The van der Waals surface area contributed by atoms with Gasteiger partial charge in [0.1, 0.15) is 6.33 Å². The summed E-state index contributed by atoms with van der Waals surface area (Å²) >= 11 is 0. The third-order valence-corrected chi connectivity index (χ3v) is 4.27. The van der Waals surface area contributed by atoms with E-state index in [-0.39, 0.29) is 5.91 Å².